The van der Waals surface area contributed by atoms with Crippen molar-refractivity contribution in [1.29, 1.82) is 0 Å². The van der Waals surface area contributed by atoms with Crippen LogP contribution in [0.25, 0.3) is 0 Å². The van der Waals surface area contributed by atoms with Crippen molar-refractivity contribution in [2.45, 2.75) is 38.8 Å². The summed E-state index contributed by atoms with van der Waals surface area (Å²) in [6.45, 7) is 4.20. The first-order valence-corrected chi connectivity index (χ1v) is 7.38. The number of amides is 1. The zero-order chi connectivity index (χ0) is 14.4. The van der Waals surface area contributed by atoms with Crippen LogP contribution in [-0.2, 0) is 11.2 Å². The molecule has 0 heterocycles. The molecule has 1 N–H and O–H groups in total. The van der Waals surface area contributed by atoms with Gasteiger partial charge in [0.15, 0.2) is 0 Å². The van der Waals surface area contributed by atoms with Gasteiger partial charge in [0.1, 0.15) is 0 Å². The van der Waals surface area contributed by atoms with Gasteiger partial charge in [-0.15, -0.1) is 0 Å². The number of rotatable bonds is 6. The van der Waals surface area contributed by atoms with E-state index in [-0.39, 0.29) is 11.9 Å². The van der Waals surface area contributed by atoms with Crippen molar-refractivity contribution in [3.05, 3.63) is 34.3 Å². The molecule has 0 spiro atoms. The van der Waals surface area contributed by atoms with E-state index in [1.54, 1.807) is 19.0 Å². The van der Waals surface area contributed by atoms with Crippen LogP contribution in [0.2, 0.25) is 0 Å². The first-order chi connectivity index (χ1) is 8.88. The summed E-state index contributed by atoms with van der Waals surface area (Å²) in [5.74, 6) is 0.162. The van der Waals surface area contributed by atoms with Crippen LogP contribution < -0.4 is 5.32 Å². The SMILES string of the molecule is C[C@@H](CC(=O)N(C)C)N[C@@H](C)Cc1cccc(Br)c1. The summed E-state index contributed by atoms with van der Waals surface area (Å²) in [5, 5.41) is 3.47. The van der Waals surface area contributed by atoms with Crippen LogP contribution in [-0.4, -0.2) is 37.0 Å². The molecule has 106 valence electrons. The fraction of sp³-hybridized carbons (Fsp3) is 0.533. The van der Waals surface area contributed by atoms with E-state index < -0.39 is 0 Å². The minimum atomic E-state index is 0.162. The van der Waals surface area contributed by atoms with E-state index in [9.17, 15) is 4.79 Å². The summed E-state index contributed by atoms with van der Waals surface area (Å²) < 4.78 is 1.10. The van der Waals surface area contributed by atoms with Gasteiger partial charge in [0.2, 0.25) is 5.91 Å². The van der Waals surface area contributed by atoms with Crippen molar-refractivity contribution in [3.63, 3.8) is 0 Å². The molecule has 0 saturated carbocycles. The second kappa shape index (κ2) is 7.65. The quantitative estimate of drug-likeness (QED) is 0.871. The number of nitrogens with one attached hydrogen (secondary N) is 1. The van der Waals surface area contributed by atoms with Gasteiger partial charge in [-0.25, -0.2) is 0 Å². The topological polar surface area (TPSA) is 32.3 Å². The van der Waals surface area contributed by atoms with Gasteiger partial charge < -0.3 is 10.2 Å². The standard InChI is InChI=1S/C15H23BrN2O/c1-11(8-13-6-5-7-14(16)10-13)17-12(2)9-15(19)18(3)4/h5-7,10-12,17H,8-9H2,1-4H3/t11-,12-/m0/s1. The van der Waals surface area contributed by atoms with Crippen LogP contribution in [0.5, 0.6) is 0 Å². The molecule has 0 unspecified atom stereocenters. The summed E-state index contributed by atoms with van der Waals surface area (Å²) in [6, 6.07) is 8.87. The molecule has 0 fully saturated rings. The van der Waals surface area contributed by atoms with Crippen molar-refractivity contribution in [1.82, 2.24) is 10.2 Å². The van der Waals surface area contributed by atoms with Gasteiger partial charge in [0.05, 0.1) is 0 Å². The summed E-state index contributed by atoms with van der Waals surface area (Å²) in [5.41, 5.74) is 1.29. The molecule has 4 heteroatoms. The normalized spacial score (nSPS) is 13.9. The highest BCUT2D eigenvalue weighted by Gasteiger charge is 2.13. The lowest BCUT2D eigenvalue weighted by Crippen LogP contribution is -2.39. The van der Waals surface area contributed by atoms with Crippen LogP contribution in [0, 0.1) is 0 Å². The van der Waals surface area contributed by atoms with Crippen molar-refractivity contribution < 1.29 is 4.79 Å². The maximum atomic E-state index is 11.6. The van der Waals surface area contributed by atoms with E-state index in [1.807, 2.05) is 12.1 Å². The number of carbonyl (C=O) groups excluding carboxylic acids is 1. The molecule has 0 aromatic heterocycles. The molecule has 2 atom stereocenters. The van der Waals surface area contributed by atoms with Gasteiger partial charge in [-0.3, -0.25) is 4.79 Å². The van der Waals surface area contributed by atoms with Crippen LogP contribution in [0.4, 0.5) is 0 Å². The van der Waals surface area contributed by atoms with Gasteiger partial charge in [-0.2, -0.15) is 0 Å². The fourth-order valence-electron chi connectivity index (χ4n) is 2.07. The highest BCUT2D eigenvalue weighted by Crippen LogP contribution is 2.13. The Morgan fingerprint density at radius 3 is 2.58 bits per heavy atom. The molecule has 0 saturated heterocycles. The van der Waals surface area contributed by atoms with Crippen molar-refractivity contribution in [2.24, 2.45) is 0 Å². The number of nitrogens with zero attached hydrogens (tertiary/aromatic N) is 1. The average Bonchev–Trinajstić information content (AvgIpc) is 2.27. The molecule has 0 radical (unpaired) electrons. The molecule has 3 nitrogen and oxygen atoms in total. The minimum absolute atomic E-state index is 0.162. The molecule has 19 heavy (non-hydrogen) atoms. The summed E-state index contributed by atoms with van der Waals surface area (Å²) in [4.78, 5) is 13.3. The third-order valence-corrected chi connectivity index (χ3v) is 3.47. The van der Waals surface area contributed by atoms with Gasteiger partial charge in [0, 0.05) is 37.1 Å². The molecular formula is C15H23BrN2O. The van der Waals surface area contributed by atoms with E-state index >= 15 is 0 Å². The Balaban J connectivity index is 2.42. The Hall–Kier alpha value is -0.870. The maximum Gasteiger partial charge on any atom is 0.223 e. The van der Waals surface area contributed by atoms with Crippen molar-refractivity contribution >= 4 is 21.8 Å². The third kappa shape index (κ3) is 6.21. The van der Waals surface area contributed by atoms with Crippen LogP contribution >= 0.6 is 15.9 Å². The lowest BCUT2D eigenvalue weighted by Gasteiger charge is -2.21. The zero-order valence-electron chi connectivity index (χ0n) is 12.1. The first-order valence-electron chi connectivity index (χ1n) is 6.59. The second-order valence-corrected chi connectivity index (χ2v) is 6.21. The largest absolute Gasteiger partial charge is 0.349 e. The monoisotopic (exact) mass is 326 g/mol. The number of hydrogen-bond acceptors (Lipinski definition) is 2. The molecule has 0 bridgehead atoms. The van der Waals surface area contributed by atoms with Crippen molar-refractivity contribution in [2.75, 3.05) is 14.1 Å². The van der Waals surface area contributed by atoms with Crippen LogP contribution in [0.15, 0.2) is 28.7 Å². The Kier molecular flexibility index (Phi) is 6.52. The number of hydrogen-bond donors (Lipinski definition) is 1. The average molecular weight is 327 g/mol. The highest BCUT2D eigenvalue weighted by molar-refractivity contribution is 9.10. The predicted octanol–water partition coefficient (Wildman–Crippen LogP) is 2.84. The summed E-state index contributed by atoms with van der Waals surface area (Å²) in [7, 11) is 3.58. The predicted molar refractivity (Wildman–Crippen MR) is 83.2 cm³/mol. The third-order valence-electron chi connectivity index (χ3n) is 2.98. The van der Waals surface area contributed by atoms with Gasteiger partial charge in [-0.1, -0.05) is 28.1 Å². The lowest BCUT2D eigenvalue weighted by molar-refractivity contribution is -0.129. The van der Waals surface area contributed by atoms with Gasteiger partial charge in [-0.05, 0) is 38.0 Å². The molecule has 0 aliphatic rings. The van der Waals surface area contributed by atoms with Gasteiger partial charge in [0.25, 0.3) is 0 Å². The molecule has 0 aliphatic heterocycles. The Labute approximate surface area is 124 Å². The molecule has 1 amide bonds. The van der Waals surface area contributed by atoms with Gasteiger partial charge >= 0.3 is 0 Å². The smallest absolute Gasteiger partial charge is 0.223 e. The van der Waals surface area contributed by atoms with E-state index in [2.05, 4.69) is 47.2 Å². The number of halogens is 1. The first kappa shape index (κ1) is 16.2. The van der Waals surface area contributed by atoms with Crippen LogP contribution in [0.3, 0.4) is 0 Å². The molecule has 0 aliphatic carbocycles. The Bertz CT molecular complexity index is 420. The maximum absolute atomic E-state index is 11.6. The van der Waals surface area contributed by atoms with E-state index in [0.717, 1.165) is 10.9 Å². The molecule has 1 aromatic carbocycles. The van der Waals surface area contributed by atoms with E-state index in [1.165, 1.54) is 5.56 Å². The van der Waals surface area contributed by atoms with E-state index in [4.69, 9.17) is 0 Å². The number of carbonyl (C=O) groups is 1. The summed E-state index contributed by atoms with van der Waals surface area (Å²) >= 11 is 3.48. The molecule has 1 aromatic rings. The summed E-state index contributed by atoms with van der Waals surface area (Å²) in [6.07, 6.45) is 1.50. The zero-order valence-corrected chi connectivity index (χ0v) is 13.7. The van der Waals surface area contributed by atoms with Crippen LogP contribution in [0.1, 0.15) is 25.8 Å². The molecular weight excluding hydrogens is 304 g/mol. The Morgan fingerprint density at radius 2 is 2.00 bits per heavy atom. The Morgan fingerprint density at radius 1 is 1.32 bits per heavy atom. The lowest BCUT2D eigenvalue weighted by atomic mass is 10.1. The number of benzene rings is 1. The fourth-order valence-corrected chi connectivity index (χ4v) is 2.51. The van der Waals surface area contributed by atoms with Crippen molar-refractivity contribution in [3.8, 4) is 0 Å². The molecule has 1 rings (SSSR count). The second-order valence-electron chi connectivity index (χ2n) is 5.30. The highest BCUT2D eigenvalue weighted by atomic mass is 79.9. The minimum Gasteiger partial charge on any atom is -0.349 e. The van der Waals surface area contributed by atoms with E-state index in [0.29, 0.717) is 12.5 Å².